The fourth-order valence-corrected chi connectivity index (χ4v) is 2.95. The Labute approximate surface area is 116 Å². The van der Waals surface area contributed by atoms with Gasteiger partial charge in [0.15, 0.2) is 0 Å². The van der Waals surface area contributed by atoms with E-state index in [2.05, 4.69) is 40.7 Å². The molecule has 0 spiro atoms. The number of hydrogen-bond donors (Lipinski definition) is 1. The van der Waals surface area contributed by atoms with Gasteiger partial charge >= 0.3 is 0 Å². The first-order valence-corrected chi connectivity index (χ1v) is 6.81. The van der Waals surface area contributed by atoms with E-state index >= 15 is 0 Å². The number of rotatable bonds is 3. The Bertz CT molecular complexity index is 562. The molecule has 4 nitrogen and oxygen atoms in total. The highest BCUT2D eigenvalue weighted by Gasteiger charge is 2.27. The van der Waals surface area contributed by atoms with Gasteiger partial charge in [-0.3, -0.25) is 4.98 Å². The van der Waals surface area contributed by atoms with Crippen LogP contribution in [0.2, 0.25) is 0 Å². The Morgan fingerprint density at radius 1 is 1.32 bits per heavy atom. The molecule has 2 rings (SSSR count). The third kappa shape index (κ3) is 2.96. The normalized spacial score (nSPS) is 13.5. The van der Waals surface area contributed by atoms with Crippen LogP contribution in [0.25, 0.3) is 0 Å². The van der Waals surface area contributed by atoms with Gasteiger partial charge in [-0.15, -0.1) is 5.10 Å². The molecule has 1 N–H and O–H groups in total. The van der Waals surface area contributed by atoms with Crippen molar-refractivity contribution in [3.8, 4) is 0 Å². The number of nitrogens with zero attached hydrogens (tertiary/aromatic N) is 3. The lowest BCUT2D eigenvalue weighted by Crippen LogP contribution is -2.22. The van der Waals surface area contributed by atoms with Gasteiger partial charge in [-0.05, 0) is 30.2 Å². The summed E-state index contributed by atoms with van der Waals surface area (Å²) in [5, 5.41) is 7.40. The van der Waals surface area contributed by atoms with E-state index in [1.807, 2.05) is 7.05 Å². The molecule has 0 aliphatic rings. The summed E-state index contributed by atoms with van der Waals surface area (Å²) in [6.45, 7) is 6.26. The van der Waals surface area contributed by atoms with Crippen molar-refractivity contribution in [1.29, 1.82) is 0 Å². The summed E-state index contributed by atoms with van der Waals surface area (Å²) in [5.74, 6) is -0.340. The Hall–Kier alpha value is -1.40. The van der Waals surface area contributed by atoms with Crippen LogP contribution < -0.4 is 5.32 Å². The van der Waals surface area contributed by atoms with Gasteiger partial charge in [0, 0.05) is 11.6 Å². The minimum atomic E-state index is -0.340. The fourth-order valence-electron chi connectivity index (χ4n) is 1.94. The van der Waals surface area contributed by atoms with Crippen LogP contribution >= 0.6 is 11.5 Å². The molecule has 0 amide bonds. The zero-order valence-electron chi connectivity index (χ0n) is 11.4. The molecule has 2 aromatic rings. The van der Waals surface area contributed by atoms with Crippen LogP contribution in [0.3, 0.4) is 0 Å². The minimum absolute atomic E-state index is 0.0990. The Morgan fingerprint density at radius 3 is 2.63 bits per heavy atom. The first-order chi connectivity index (χ1) is 8.93. The average molecular weight is 280 g/mol. The standard InChI is InChI=1S/C13H17FN4S/c1-13(2,3)12-11(19-18-17-12)10(15-4)8-5-9(14)7-16-6-8/h5-7,10,15H,1-4H3. The van der Waals surface area contributed by atoms with Crippen molar-refractivity contribution in [2.45, 2.75) is 32.2 Å². The van der Waals surface area contributed by atoms with Gasteiger partial charge in [-0.25, -0.2) is 4.39 Å². The summed E-state index contributed by atoms with van der Waals surface area (Å²) in [6.07, 6.45) is 2.86. The number of hydrogen-bond acceptors (Lipinski definition) is 5. The van der Waals surface area contributed by atoms with E-state index in [0.29, 0.717) is 0 Å². The molecule has 0 aliphatic carbocycles. The van der Waals surface area contributed by atoms with Gasteiger partial charge in [-0.1, -0.05) is 25.3 Å². The summed E-state index contributed by atoms with van der Waals surface area (Å²) in [6, 6.07) is 1.35. The van der Waals surface area contributed by atoms with Gasteiger partial charge in [0.2, 0.25) is 0 Å². The van der Waals surface area contributed by atoms with Crippen molar-refractivity contribution in [2.24, 2.45) is 0 Å². The van der Waals surface area contributed by atoms with E-state index in [-0.39, 0.29) is 17.3 Å². The lowest BCUT2D eigenvalue weighted by atomic mass is 9.89. The fraction of sp³-hybridized carbons (Fsp3) is 0.462. The topological polar surface area (TPSA) is 50.7 Å². The molecule has 1 unspecified atom stereocenters. The average Bonchev–Trinajstić information content (AvgIpc) is 2.79. The molecular weight excluding hydrogens is 263 g/mol. The molecular formula is C13H17FN4S. The predicted octanol–water partition coefficient (Wildman–Crippen LogP) is 2.68. The highest BCUT2D eigenvalue weighted by Crippen LogP contribution is 2.33. The summed E-state index contributed by atoms with van der Waals surface area (Å²) >= 11 is 1.34. The van der Waals surface area contributed by atoms with E-state index in [0.717, 1.165) is 16.1 Å². The maximum Gasteiger partial charge on any atom is 0.141 e. The summed E-state index contributed by atoms with van der Waals surface area (Å²) in [7, 11) is 1.84. The van der Waals surface area contributed by atoms with Crippen LogP contribution in [0.15, 0.2) is 18.5 Å². The van der Waals surface area contributed by atoms with Gasteiger partial charge in [-0.2, -0.15) is 0 Å². The molecule has 0 fully saturated rings. The molecule has 2 aromatic heterocycles. The van der Waals surface area contributed by atoms with E-state index in [1.54, 1.807) is 6.20 Å². The van der Waals surface area contributed by atoms with Crippen molar-refractivity contribution < 1.29 is 4.39 Å². The van der Waals surface area contributed by atoms with E-state index < -0.39 is 0 Å². The Kier molecular flexibility index (Phi) is 3.91. The highest BCUT2D eigenvalue weighted by atomic mass is 32.1. The van der Waals surface area contributed by atoms with Crippen LogP contribution in [0.1, 0.15) is 42.9 Å². The molecule has 0 saturated carbocycles. The molecule has 1 atom stereocenters. The van der Waals surface area contributed by atoms with Crippen LogP contribution in [-0.4, -0.2) is 21.6 Å². The lowest BCUT2D eigenvalue weighted by Gasteiger charge is -2.21. The second-order valence-corrected chi connectivity index (χ2v) is 6.18. The second-order valence-electron chi connectivity index (χ2n) is 5.39. The Morgan fingerprint density at radius 2 is 2.05 bits per heavy atom. The van der Waals surface area contributed by atoms with Crippen LogP contribution in [0, 0.1) is 5.82 Å². The SMILES string of the molecule is CNC(c1cncc(F)c1)c1snnc1C(C)(C)C. The lowest BCUT2D eigenvalue weighted by molar-refractivity contribution is 0.547. The molecule has 0 radical (unpaired) electrons. The third-order valence-electron chi connectivity index (χ3n) is 2.83. The van der Waals surface area contributed by atoms with Crippen molar-refractivity contribution in [3.63, 3.8) is 0 Å². The molecule has 0 bridgehead atoms. The number of halogens is 1. The molecule has 2 heterocycles. The van der Waals surface area contributed by atoms with Gasteiger partial charge in [0.1, 0.15) is 5.82 Å². The monoisotopic (exact) mass is 280 g/mol. The van der Waals surface area contributed by atoms with Gasteiger partial charge in [0.05, 0.1) is 22.8 Å². The minimum Gasteiger partial charge on any atom is -0.309 e. The summed E-state index contributed by atoms with van der Waals surface area (Å²) in [5.41, 5.74) is 1.61. The van der Waals surface area contributed by atoms with Crippen molar-refractivity contribution >= 4 is 11.5 Å². The van der Waals surface area contributed by atoms with E-state index in [4.69, 9.17) is 0 Å². The maximum atomic E-state index is 13.3. The quantitative estimate of drug-likeness (QED) is 0.939. The largest absolute Gasteiger partial charge is 0.309 e. The molecule has 0 aliphatic heterocycles. The molecule has 19 heavy (non-hydrogen) atoms. The van der Waals surface area contributed by atoms with Gasteiger partial charge in [0.25, 0.3) is 0 Å². The summed E-state index contributed by atoms with van der Waals surface area (Å²) < 4.78 is 17.4. The van der Waals surface area contributed by atoms with Crippen LogP contribution in [-0.2, 0) is 5.41 Å². The first kappa shape index (κ1) is 14.0. The zero-order valence-corrected chi connectivity index (χ0v) is 12.3. The zero-order chi connectivity index (χ0) is 14.0. The van der Waals surface area contributed by atoms with E-state index in [1.165, 1.54) is 23.8 Å². The number of nitrogens with one attached hydrogen (secondary N) is 1. The number of pyridine rings is 1. The van der Waals surface area contributed by atoms with Crippen LogP contribution in [0.5, 0.6) is 0 Å². The van der Waals surface area contributed by atoms with Crippen LogP contribution in [0.4, 0.5) is 4.39 Å². The second kappa shape index (κ2) is 5.30. The van der Waals surface area contributed by atoms with Crippen molar-refractivity contribution in [1.82, 2.24) is 19.9 Å². The molecule has 0 saturated heterocycles. The van der Waals surface area contributed by atoms with Crippen molar-refractivity contribution in [3.05, 3.63) is 40.4 Å². The summed E-state index contributed by atoms with van der Waals surface area (Å²) in [4.78, 5) is 4.91. The number of aromatic nitrogens is 3. The maximum absolute atomic E-state index is 13.3. The van der Waals surface area contributed by atoms with Crippen molar-refractivity contribution in [2.75, 3.05) is 7.05 Å². The van der Waals surface area contributed by atoms with Gasteiger partial charge < -0.3 is 5.32 Å². The first-order valence-electron chi connectivity index (χ1n) is 6.04. The molecule has 0 aromatic carbocycles. The third-order valence-corrected chi connectivity index (χ3v) is 3.62. The molecule has 102 valence electrons. The predicted molar refractivity (Wildman–Crippen MR) is 73.7 cm³/mol. The smallest absolute Gasteiger partial charge is 0.141 e. The molecule has 6 heteroatoms. The Balaban J connectivity index is 2.46. The van der Waals surface area contributed by atoms with E-state index in [9.17, 15) is 4.39 Å². The highest BCUT2D eigenvalue weighted by molar-refractivity contribution is 7.05.